The molecular weight excluding hydrogens is 1790 g/mol. The summed E-state index contributed by atoms with van der Waals surface area (Å²) in [5, 5.41) is 0. The molecular formula is C138H156B3N7. The van der Waals surface area contributed by atoms with Gasteiger partial charge in [-0.05, 0) is 326 Å². The highest BCUT2D eigenvalue weighted by Gasteiger charge is 2.53. The van der Waals surface area contributed by atoms with E-state index < -0.39 is 0 Å². The molecule has 6 aliphatic rings. The van der Waals surface area contributed by atoms with Crippen molar-refractivity contribution in [3.05, 3.63) is 358 Å². The van der Waals surface area contributed by atoms with E-state index in [4.69, 9.17) is 0 Å². The average Bonchev–Trinajstić information content (AvgIpc) is 0.677. The molecule has 6 aliphatic heterocycles. The van der Waals surface area contributed by atoms with Gasteiger partial charge >= 0.3 is 0 Å². The minimum atomic E-state index is -0.309. The molecule has 148 heavy (non-hydrogen) atoms. The van der Waals surface area contributed by atoms with Gasteiger partial charge in [-0.25, -0.2) is 0 Å². The van der Waals surface area contributed by atoms with E-state index in [-0.39, 0.29) is 85.1 Å². The van der Waals surface area contributed by atoms with E-state index >= 15 is 0 Å². The second kappa shape index (κ2) is 34.3. The molecule has 0 saturated heterocycles. The third-order valence-corrected chi connectivity index (χ3v) is 33.1. The van der Waals surface area contributed by atoms with Gasteiger partial charge in [-0.2, -0.15) is 0 Å². The largest absolute Gasteiger partial charge is 0.311 e. The molecule has 0 amide bonds. The Hall–Kier alpha value is -12.9. The number of nitrogens with zero attached hydrogens (tertiary/aromatic N) is 7. The van der Waals surface area contributed by atoms with Gasteiger partial charge in [0.25, 0.3) is 20.1 Å². The maximum Gasteiger partial charge on any atom is 0.252 e. The first-order valence-corrected chi connectivity index (χ1v) is 54.6. The quantitative estimate of drug-likeness (QED) is 0.133. The van der Waals surface area contributed by atoms with Crippen LogP contribution in [0.15, 0.2) is 291 Å². The van der Waals surface area contributed by atoms with Crippen LogP contribution in [-0.2, 0) is 65.0 Å². The van der Waals surface area contributed by atoms with E-state index in [9.17, 15) is 0 Å². The van der Waals surface area contributed by atoms with Gasteiger partial charge in [0.2, 0.25) is 0 Å². The van der Waals surface area contributed by atoms with Crippen molar-refractivity contribution in [3.63, 3.8) is 0 Å². The standard InChI is InChI=1S/C138H156B3N7/c1-127(2,3)85-37-55-97(56-38-85)142-109-67-49-91(133(19,20)21)79-103(109)139-106-82-94(136(28,29)30)52-70-112(106)145(100-61-43-88(44-62-100)130(10,11)12)124-118(76-73-115(142)121(124)139)148(119-77-74-116-122-125(119)146(101-63-45-89(46-64-101)131(13,14)15)113-71-53-95(137(31,32)33)83-107(113)140(122)104-80-92(134(22,23)24)50-68-110(104)143(116)98-57-39-86(40-58-98)128(4,5)6)120-78-75-117-123-126(120)147(102-65-47-90(48-66-102)132(16,17)18)114-72-54-96(138(34,35)36)84-108(114)141(123)105-81-93(135(25,26)27)51-69-111(105)144(117)99-59-41-87(42-60-99)129(7,8)9/h37-84H,1-36H3. The molecule has 752 valence electrons. The molecule has 0 N–H and O–H groups in total. The topological polar surface area (TPSA) is 22.7 Å². The van der Waals surface area contributed by atoms with Gasteiger partial charge in [-0.1, -0.05) is 395 Å². The Kier molecular flexibility index (Phi) is 23.4. The Bertz CT molecular complexity index is 6990. The van der Waals surface area contributed by atoms with Crippen LogP contribution >= 0.6 is 0 Å². The SMILES string of the molecule is CC(C)(C)c1ccc(N2c3ccc(C(C)(C)C)cc3B3c4cc(C(C)(C)C)ccc4N(c4ccc(C(C)(C)C)cc4)c4c(N(c5ccc6c7c5N(c5ccc(C(C)(C)C)cc5)c5ccc(C(C)(C)C)cc5B7c5cc(C(C)(C)C)ccc5N6c5ccc(C(C)(C)C)cc5)c5ccc6c7c5N(c5ccc(C(C)(C)C)cc5)c5ccc(C(C)(C)C)cc5B7c5cc(C(C)(C)C)ccc5N6c5ccc(C(C)(C)C)cc5)ccc2c43)cc1. The van der Waals surface area contributed by atoms with Crippen LogP contribution in [0, 0.1) is 0 Å². The summed E-state index contributed by atoms with van der Waals surface area (Å²) in [6.07, 6.45) is 0. The molecule has 6 heterocycles. The summed E-state index contributed by atoms with van der Waals surface area (Å²) in [6.45, 7) is 84.6. The first-order valence-electron chi connectivity index (χ1n) is 54.6. The summed E-state index contributed by atoms with van der Waals surface area (Å²) in [6, 6.07) is 119. The second-order valence-electron chi connectivity index (χ2n) is 56.2. The monoisotopic (exact) mass is 1940 g/mol. The summed E-state index contributed by atoms with van der Waals surface area (Å²) in [7, 11) is 0. The molecule has 15 aromatic rings. The predicted molar refractivity (Wildman–Crippen MR) is 648 cm³/mol. The lowest BCUT2D eigenvalue weighted by atomic mass is 9.33. The molecule has 21 rings (SSSR count). The van der Waals surface area contributed by atoms with Crippen LogP contribution in [0.25, 0.3) is 0 Å². The van der Waals surface area contributed by atoms with Gasteiger partial charge < -0.3 is 34.3 Å². The average molecular weight is 1950 g/mol. The fourth-order valence-electron chi connectivity index (χ4n) is 24.1. The molecule has 0 bridgehead atoms. The van der Waals surface area contributed by atoms with Crippen molar-refractivity contribution in [2.75, 3.05) is 34.3 Å². The van der Waals surface area contributed by atoms with Gasteiger partial charge in [0, 0.05) is 85.3 Å². The van der Waals surface area contributed by atoms with E-state index in [0.29, 0.717) is 0 Å². The first kappa shape index (κ1) is 101. The second-order valence-corrected chi connectivity index (χ2v) is 56.2. The zero-order valence-electron chi connectivity index (χ0n) is 95.6. The molecule has 0 aliphatic carbocycles. The summed E-state index contributed by atoms with van der Waals surface area (Å²) < 4.78 is 0. The molecule has 0 atom stereocenters. The van der Waals surface area contributed by atoms with Crippen LogP contribution in [0.3, 0.4) is 0 Å². The summed E-state index contributed by atoms with van der Waals surface area (Å²) in [5.74, 6) is 0. The number of anilines is 21. The Labute approximate surface area is 889 Å². The molecule has 0 radical (unpaired) electrons. The molecule has 7 nitrogen and oxygen atoms in total. The Morgan fingerprint density at radius 2 is 0.270 bits per heavy atom. The van der Waals surface area contributed by atoms with Crippen molar-refractivity contribution < 1.29 is 0 Å². The van der Waals surface area contributed by atoms with Crippen molar-refractivity contribution in [2.45, 2.75) is 314 Å². The lowest BCUT2D eigenvalue weighted by Crippen LogP contribution is -2.62. The maximum atomic E-state index is 2.88. The zero-order valence-corrected chi connectivity index (χ0v) is 95.6. The van der Waals surface area contributed by atoms with Gasteiger partial charge in [0.15, 0.2) is 0 Å². The minimum absolute atomic E-state index is 0.103. The smallest absolute Gasteiger partial charge is 0.252 e. The number of hydrogen-bond donors (Lipinski definition) is 0. The van der Waals surface area contributed by atoms with Crippen LogP contribution in [-0.4, -0.2) is 20.1 Å². The van der Waals surface area contributed by atoms with Gasteiger partial charge in [0.05, 0.1) is 34.1 Å². The van der Waals surface area contributed by atoms with Crippen molar-refractivity contribution in [1.29, 1.82) is 0 Å². The van der Waals surface area contributed by atoms with E-state index in [0.717, 1.165) is 102 Å². The lowest BCUT2D eigenvalue weighted by molar-refractivity contribution is 0.590. The summed E-state index contributed by atoms with van der Waals surface area (Å²) in [4.78, 5) is 19.1. The third kappa shape index (κ3) is 17.1. The minimum Gasteiger partial charge on any atom is -0.311 e. The number of benzene rings is 15. The maximum absolute atomic E-state index is 2.88. The van der Waals surface area contributed by atoms with Crippen LogP contribution in [0.2, 0.25) is 0 Å². The molecule has 0 saturated carbocycles. The number of fused-ring (bicyclic) bond motifs is 12. The lowest BCUT2D eigenvalue weighted by Gasteiger charge is -2.49. The van der Waals surface area contributed by atoms with E-state index in [2.05, 4.69) is 575 Å². The third-order valence-electron chi connectivity index (χ3n) is 33.1. The van der Waals surface area contributed by atoms with Gasteiger partial charge in [-0.3, -0.25) is 0 Å². The zero-order chi connectivity index (χ0) is 106. The van der Waals surface area contributed by atoms with Gasteiger partial charge in [0.1, 0.15) is 0 Å². The number of rotatable bonds is 9. The fraction of sp³-hybridized carbons (Fsp3) is 0.348. The van der Waals surface area contributed by atoms with Crippen molar-refractivity contribution in [2.24, 2.45) is 0 Å². The normalized spacial score (nSPS) is 14.6. The highest BCUT2D eigenvalue weighted by atomic mass is 15.3. The molecule has 0 fully saturated rings. The molecule has 0 spiro atoms. The highest BCUT2D eigenvalue weighted by Crippen LogP contribution is 2.61. The summed E-state index contributed by atoms with van der Waals surface area (Å²) >= 11 is 0. The van der Waals surface area contributed by atoms with E-state index in [1.807, 2.05) is 0 Å². The van der Waals surface area contributed by atoms with Crippen molar-refractivity contribution in [3.8, 4) is 0 Å². The molecule has 0 unspecified atom stereocenters. The van der Waals surface area contributed by atoms with Crippen molar-refractivity contribution >= 4 is 189 Å². The Balaban J connectivity index is 1.02. The van der Waals surface area contributed by atoms with E-state index in [1.165, 1.54) is 133 Å². The highest BCUT2D eigenvalue weighted by molar-refractivity contribution is 7.02. The van der Waals surface area contributed by atoms with Crippen molar-refractivity contribution in [1.82, 2.24) is 0 Å². The summed E-state index contributed by atoms with van der Waals surface area (Å²) in [5.41, 5.74) is 48.0. The van der Waals surface area contributed by atoms with Crippen LogP contribution in [0.4, 0.5) is 119 Å². The van der Waals surface area contributed by atoms with Crippen LogP contribution in [0.1, 0.15) is 316 Å². The van der Waals surface area contributed by atoms with Crippen LogP contribution < -0.4 is 83.5 Å². The first-order chi connectivity index (χ1) is 69.0. The number of hydrogen-bond acceptors (Lipinski definition) is 7. The molecule has 10 heteroatoms. The molecule has 0 aromatic heterocycles. The predicted octanol–water partition coefficient (Wildman–Crippen LogP) is 33.0. The Morgan fingerprint density at radius 3 is 0.419 bits per heavy atom. The fourth-order valence-corrected chi connectivity index (χ4v) is 24.1. The van der Waals surface area contributed by atoms with E-state index in [1.54, 1.807) is 0 Å². The van der Waals surface area contributed by atoms with Crippen LogP contribution in [0.5, 0.6) is 0 Å². The van der Waals surface area contributed by atoms with Gasteiger partial charge in [-0.15, -0.1) is 0 Å². The molecule has 15 aromatic carbocycles. The Morgan fingerprint density at radius 1 is 0.142 bits per heavy atom.